The van der Waals surface area contributed by atoms with Crippen molar-refractivity contribution in [1.82, 2.24) is 25.1 Å². The van der Waals surface area contributed by atoms with Crippen molar-refractivity contribution in [2.45, 2.75) is 25.1 Å². The van der Waals surface area contributed by atoms with E-state index in [1.54, 1.807) is 35.5 Å². The minimum atomic E-state index is -4.65. The largest absolute Gasteiger partial charge is 0.433 e. The topological polar surface area (TPSA) is 86.8 Å². The number of likely N-dealkylation sites (tertiary alicyclic amines) is 1. The zero-order chi connectivity index (χ0) is 25.5. The predicted molar refractivity (Wildman–Crippen MR) is 121 cm³/mol. The zero-order valence-electron chi connectivity index (χ0n) is 18.6. The van der Waals surface area contributed by atoms with Crippen molar-refractivity contribution in [3.05, 3.63) is 71.9 Å². The van der Waals surface area contributed by atoms with Crippen LogP contribution in [0.25, 0.3) is 22.0 Å². The van der Waals surface area contributed by atoms with E-state index in [1.807, 2.05) is 6.07 Å². The third kappa shape index (κ3) is 5.03. The molecule has 36 heavy (non-hydrogen) atoms. The van der Waals surface area contributed by atoms with Crippen molar-refractivity contribution in [2.75, 3.05) is 18.4 Å². The lowest BCUT2D eigenvalue weighted by Crippen LogP contribution is -2.24. The molecule has 1 aliphatic rings. The SMILES string of the molecule is O=C(Nc1ccnc(C(F)(F)F)c1)c1n[nH]c2ccc(-c3cncc(CN4CCC(F)(F)C4)c3)cc12. The molecule has 0 radical (unpaired) electrons. The number of carbonyl (C=O) groups excluding carboxylic acids is 1. The summed E-state index contributed by atoms with van der Waals surface area (Å²) < 4.78 is 65.8. The van der Waals surface area contributed by atoms with Gasteiger partial charge in [0.25, 0.3) is 11.8 Å². The molecule has 4 aromatic rings. The van der Waals surface area contributed by atoms with E-state index in [2.05, 4.69) is 25.5 Å². The van der Waals surface area contributed by atoms with Gasteiger partial charge in [0.05, 0.1) is 12.1 Å². The Labute approximate surface area is 201 Å². The van der Waals surface area contributed by atoms with Crippen LogP contribution >= 0.6 is 0 Å². The van der Waals surface area contributed by atoms with Crippen LogP contribution in [0.3, 0.4) is 0 Å². The molecule has 3 aromatic heterocycles. The molecule has 12 heteroatoms. The lowest BCUT2D eigenvalue weighted by atomic mass is 10.0. The van der Waals surface area contributed by atoms with Gasteiger partial charge in [-0.05, 0) is 41.5 Å². The highest BCUT2D eigenvalue weighted by atomic mass is 19.4. The molecule has 0 aliphatic carbocycles. The fourth-order valence-corrected chi connectivity index (χ4v) is 4.15. The number of hydrogen-bond acceptors (Lipinski definition) is 5. The highest BCUT2D eigenvalue weighted by molar-refractivity contribution is 6.11. The van der Waals surface area contributed by atoms with Crippen LogP contribution in [-0.4, -0.2) is 50.0 Å². The highest BCUT2D eigenvalue weighted by Crippen LogP contribution is 2.31. The fraction of sp³-hybridized carbons (Fsp3) is 0.250. The van der Waals surface area contributed by atoms with Crippen molar-refractivity contribution in [2.24, 2.45) is 0 Å². The summed E-state index contributed by atoms with van der Waals surface area (Å²) in [5.41, 5.74) is 1.56. The molecule has 7 nitrogen and oxygen atoms in total. The molecule has 0 unspecified atom stereocenters. The first kappa shape index (κ1) is 23.8. The van der Waals surface area contributed by atoms with E-state index >= 15 is 0 Å². The fourth-order valence-electron chi connectivity index (χ4n) is 4.15. The Hall–Kier alpha value is -3.93. The summed E-state index contributed by atoms with van der Waals surface area (Å²) >= 11 is 0. The zero-order valence-corrected chi connectivity index (χ0v) is 18.6. The van der Waals surface area contributed by atoms with Crippen LogP contribution in [0.4, 0.5) is 27.6 Å². The maximum Gasteiger partial charge on any atom is 0.433 e. The Morgan fingerprint density at radius 1 is 1.11 bits per heavy atom. The van der Waals surface area contributed by atoms with Gasteiger partial charge in [-0.1, -0.05) is 6.07 Å². The van der Waals surface area contributed by atoms with Crippen molar-refractivity contribution in [1.29, 1.82) is 0 Å². The van der Waals surface area contributed by atoms with Gasteiger partial charge in [0.2, 0.25) is 0 Å². The standard InChI is InChI=1S/C24H19F5N6O/c25-23(26)4-6-35(13-23)12-14-7-16(11-30-10-14)15-1-2-19-18(8-15)21(34-33-19)22(36)32-17-3-5-31-20(9-17)24(27,28)29/h1-3,5,7-11H,4,6,12-13H2,(H,33,34)(H,31,32,36). The molecule has 0 spiro atoms. The molecule has 0 saturated carbocycles. The first-order valence-electron chi connectivity index (χ1n) is 10.9. The molecule has 1 aromatic carbocycles. The van der Waals surface area contributed by atoms with Crippen LogP contribution in [0.5, 0.6) is 0 Å². The number of anilines is 1. The number of aromatic nitrogens is 4. The van der Waals surface area contributed by atoms with Crippen molar-refractivity contribution < 1.29 is 26.7 Å². The van der Waals surface area contributed by atoms with E-state index in [1.165, 1.54) is 6.07 Å². The van der Waals surface area contributed by atoms with E-state index in [4.69, 9.17) is 0 Å². The summed E-state index contributed by atoms with van der Waals surface area (Å²) in [5.74, 6) is -3.38. The van der Waals surface area contributed by atoms with Gasteiger partial charge >= 0.3 is 6.18 Å². The minimum absolute atomic E-state index is 0.000586. The van der Waals surface area contributed by atoms with Crippen LogP contribution in [0.1, 0.15) is 28.2 Å². The van der Waals surface area contributed by atoms with E-state index in [0.717, 1.165) is 23.4 Å². The number of H-pyrrole nitrogens is 1. The first-order chi connectivity index (χ1) is 17.1. The van der Waals surface area contributed by atoms with Crippen LogP contribution in [0.15, 0.2) is 55.0 Å². The summed E-state index contributed by atoms with van der Waals surface area (Å²) in [6, 6.07) is 9.07. The molecule has 5 rings (SSSR count). The summed E-state index contributed by atoms with van der Waals surface area (Å²) in [5, 5.41) is 9.65. The van der Waals surface area contributed by atoms with Crippen LogP contribution in [0, 0.1) is 0 Å². The number of hydrogen-bond donors (Lipinski definition) is 2. The Balaban J connectivity index is 1.39. The van der Waals surface area contributed by atoms with Gasteiger partial charge in [-0.2, -0.15) is 18.3 Å². The molecule has 1 aliphatic heterocycles. The van der Waals surface area contributed by atoms with Gasteiger partial charge in [0, 0.05) is 54.7 Å². The van der Waals surface area contributed by atoms with E-state index in [-0.39, 0.29) is 24.3 Å². The number of rotatable bonds is 5. The summed E-state index contributed by atoms with van der Waals surface area (Å²) in [7, 11) is 0. The normalized spacial score (nSPS) is 15.9. The Kier molecular flexibility index (Phi) is 5.91. The van der Waals surface area contributed by atoms with E-state index in [0.29, 0.717) is 29.6 Å². The maximum absolute atomic E-state index is 13.5. The lowest BCUT2D eigenvalue weighted by Gasteiger charge is -2.15. The molecule has 1 fully saturated rings. The monoisotopic (exact) mass is 502 g/mol. The second-order valence-electron chi connectivity index (χ2n) is 8.61. The van der Waals surface area contributed by atoms with E-state index < -0.39 is 23.7 Å². The molecule has 2 N–H and O–H groups in total. The van der Waals surface area contributed by atoms with Gasteiger partial charge in [0.1, 0.15) is 5.69 Å². The van der Waals surface area contributed by atoms with Gasteiger partial charge < -0.3 is 5.32 Å². The average molecular weight is 502 g/mol. The molecule has 4 heterocycles. The summed E-state index contributed by atoms with van der Waals surface area (Å²) in [6.07, 6.45) is -0.605. The highest BCUT2D eigenvalue weighted by Gasteiger charge is 2.38. The van der Waals surface area contributed by atoms with Crippen LogP contribution in [-0.2, 0) is 12.7 Å². The number of alkyl halides is 5. The van der Waals surface area contributed by atoms with Gasteiger partial charge in [-0.3, -0.25) is 24.8 Å². The summed E-state index contributed by atoms with van der Waals surface area (Å²) in [6.45, 7) is 0.348. The number of aromatic amines is 1. The molecular weight excluding hydrogens is 483 g/mol. The summed E-state index contributed by atoms with van der Waals surface area (Å²) in [4.78, 5) is 22.0. The molecule has 1 saturated heterocycles. The molecule has 0 bridgehead atoms. The number of amides is 1. The number of halogens is 5. The van der Waals surface area contributed by atoms with Crippen LogP contribution in [0.2, 0.25) is 0 Å². The van der Waals surface area contributed by atoms with Crippen LogP contribution < -0.4 is 5.32 Å². The average Bonchev–Trinajstić information content (AvgIpc) is 3.41. The van der Waals surface area contributed by atoms with Gasteiger partial charge in [-0.25, -0.2) is 8.78 Å². The third-order valence-corrected chi connectivity index (χ3v) is 5.87. The number of nitrogens with zero attached hydrogens (tertiary/aromatic N) is 4. The van der Waals surface area contributed by atoms with Gasteiger partial charge in [0.15, 0.2) is 5.69 Å². The van der Waals surface area contributed by atoms with Gasteiger partial charge in [-0.15, -0.1) is 0 Å². The Morgan fingerprint density at radius 2 is 1.94 bits per heavy atom. The predicted octanol–water partition coefficient (Wildman–Crippen LogP) is 5.13. The third-order valence-electron chi connectivity index (χ3n) is 5.87. The van der Waals surface area contributed by atoms with Crippen molar-refractivity contribution in [3.63, 3.8) is 0 Å². The smallest absolute Gasteiger partial charge is 0.320 e. The molecule has 186 valence electrons. The number of nitrogens with one attached hydrogen (secondary N) is 2. The Morgan fingerprint density at radius 3 is 2.69 bits per heavy atom. The molecule has 0 atom stereocenters. The lowest BCUT2D eigenvalue weighted by molar-refractivity contribution is -0.141. The number of fused-ring (bicyclic) bond motifs is 1. The van der Waals surface area contributed by atoms with E-state index in [9.17, 15) is 26.7 Å². The Bertz CT molecular complexity index is 1430. The first-order valence-corrected chi connectivity index (χ1v) is 10.9. The number of carbonyl (C=O) groups is 1. The number of pyridine rings is 2. The van der Waals surface area contributed by atoms with Crippen molar-refractivity contribution >= 4 is 22.5 Å². The minimum Gasteiger partial charge on any atom is -0.320 e. The van der Waals surface area contributed by atoms with Crippen molar-refractivity contribution in [3.8, 4) is 11.1 Å². The second-order valence-corrected chi connectivity index (χ2v) is 8.61. The molecule has 1 amide bonds. The molecular formula is C24H19F5N6O. The second kappa shape index (κ2) is 8.94. The number of benzene rings is 1. The maximum atomic E-state index is 13.5. The quantitative estimate of drug-likeness (QED) is 0.370.